The average Bonchev–Trinajstić information content (AvgIpc) is 2.94. The normalized spacial score (nSPS) is 10.2. The van der Waals surface area contributed by atoms with Crippen LogP contribution in [0.2, 0.25) is 0 Å². The molecule has 0 aliphatic heterocycles. The highest BCUT2D eigenvalue weighted by Gasteiger charge is 2.11. The molecule has 0 unspecified atom stereocenters. The highest BCUT2D eigenvalue weighted by Crippen LogP contribution is 2.27. The first-order valence-corrected chi connectivity index (χ1v) is 6.29. The molecule has 2 aromatic carbocycles. The second kappa shape index (κ2) is 5.40. The maximum atomic E-state index is 10.7. The SMILES string of the molecule is O=CNc1nn(-c2ccccc2)cc1-c1ccccc1. The number of nitrogens with one attached hydrogen (secondary N) is 1. The summed E-state index contributed by atoms with van der Waals surface area (Å²) in [5.74, 6) is 0.551. The molecular weight excluding hydrogens is 250 g/mol. The van der Waals surface area contributed by atoms with Crippen LogP contribution in [0.4, 0.5) is 5.82 Å². The van der Waals surface area contributed by atoms with E-state index in [2.05, 4.69) is 10.4 Å². The predicted octanol–water partition coefficient (Wildman–Crippen LogP) is 3.11. The van der Waals surface area contributed by atoms with Crippen LogP contribution in [0, 0.1) is 0 Å². The van der Waals surface area contributed by atoms with Gasteiger partial charge in [-0.2, -0.15) is 0 Å². The number of para-hydroxylation sites is 1. The van der Waals surface area contributed by atoms with E-state index in [4.69, 9.17) is 0 Å². The van der Waals surface area contributed by atoms with Crippen molar-refractivity contribution in [1.82, 2.24) is 9.78 Å². The Labute approximate surface area is 116 Å². The van der Waals surface area contributed by atoms with Crippen molar-refractivity contribution in [3.8, 4) is 16.8 Å². The fourth-order valence-corrected chi connectivity index (χ4v) is 2.08. The molecule has 3 rings (SSSR count). The van der Waals surface area contributed by atoms with E-state index in [0.717, 1.165) is 16.8 Å². The minimum Gasteiger partial charge on any atom is -0.311 e. The molecule has 4 nitrogen and oxygen atoms in total. The lowest BCUT2D eigenvalue weighted by Crippen LogP contribution is -1.98. The van der Waals surface area contributed by atoms with E-state index < -0.39 is 0 Å². The molecule has 0 saturated heterocycles. The third-order valence-electron chi connectivity index (χ3n) is 3.02. The van der Waals surface area contributed by atoms with Gasteiger partial charge in [-0.25, -0.2) is 4.68 Å². The van der Waals surface area contributed by atoms with Crippen molar-refractivity contribution in [3.63, 3.8) is 0 Å². The molecule has 0 saturated carbocycles. The van der Waals surface area contributed by atoms with Crippen molar-refractivity contribution in [2.45, 2.75) is 0 Å². The van der Waals surface area contributed by atoms with E-state index in [1.54, 1.807) is 4.68 Å². The van der Waals surface area contributed by atoms with Gasteiger partial charge in [0.25, 0.3) is 0 Å². The fraction of sp³-hybridized carbons (Fsp3) is 0. The standard InChI is InChI=1S/C16H13N3O/c20-12-17-16-15(13-7-3-1-4-8-13)11-19(18-16)14-9-5-2-6-10-14/h1-12H,(H,17,18,20). The van der Waals surface area contributed by atoms with Crippen molar-refractivity contribution < 1.29 is 4.79 Å². The van der Waals surface area contributed by atoms with Crippen molar-refractivity contribution in [2.75, 3.05) is 5.32 Å². The lowest BCUT2D eigenvalue weighted by molar-refractivity contribution is -0.105. The van der Waals surface area contributed by atoms with Crippen LogP contribution < -0.4 is 5.32 Å². The van der Waals surface area contributed by atoms with Gasteiger partial charge in [-0.1, -0.05) is 48.5 Å². The topological polar surface area (TPSA) is 46.9 Å². The van der Waals surface area contributed by atoms with Crippen molar-refractivity contribution in [3.05, 3.63) is 66.9 Å². The van der Waals surface area contributed by atoms with Gasteiger partial charge in [0.1, 0.15) is 0 Å². The molecule has 0 bridgehead atoms. The summed E-state index contributed by atoms with van der Waals surface area (Å²) in [6.45, 7) is 0. The van der Waals surface area contributed by atoms with Gasteiger partial charge >= 0.3 is 0 Å². The van der Waals surface area contributed by atoms with E-state index in [1.807, 2.05) is 66.9 Å². The highest BCUT2D eigenvalue weighted by atomic mass is 16.1. The van der Waals surface area contributed by atoms with Crippen LogP contribution >= 0.6 is 0 Å². The number of hydrogen-bond acceptors (Lipinski definition) is 2. The van der Waals surface area contributed by atoms with E-state index in [1.165, 1.54) is 0 Å². The molecule has 0 fully saturated rings. The maximum absolute atomic E-state index is 10.7. The first kappa shape index (κ1) is 12.2. The largest absolute Gasteiger partial charge is 0.311 e. The number of carbonyl (C=O) groups excluding carboxylic acids is 1. The van der Waals surface area contributed by atoms with Crippen LogP contribution in [-0.2, 0) is 4.79 Å². The van der Waals surface area contributed by atoms with E-state index in [9.17, 15) is 4.79 Å². The Kier molecular flexibility index (Phi) is 3.29. The highest BCUT2D eigenvalue weighted by molar-refractivity contribution is 5.82. The van der Waals surface area contributed by atoms with E-state index in [0.29, 0.717) is 12.2 Å². The molecule has 0 aliphatic carbocycles. The molecular formula is C16H13N3O. The number of aromatic nitrogens is 2. The van der Waals surface area contributed by atoms with Gasteiger partial charge in [0.05, 0.1) is 5.69 Å². The number of nitrogens with zero attached hydrogens (tertiary/aromatic N) is 2. The number of amides is 1. The van der Waals surface area contributed by atoms with Crippen molar-refractivity contribution >= 4 is 12.2 Å². The van der Waals surface area contributed by atoms with Gasteiger partial charge in [-0.05, 0) is 17.7 Å². The van der Waals surface area contributed by atoms with E-state index >= 15 is 0 Å². The molecule has 4 heteroatoms. The second-order valence-electron chi connectivity index (χ2n) is 4.30. The third kappa shape index (κ3) is 2.31. The molecule has 0 spiro atoms. The predicted molar refractivity (Wildman–Crippen MR) is 78.7 cm³/mol. The molecule has 1 N–H and O–H groups in total. The molecule has 0 aliphatic rings. The summed E-state index contributed by atoms with van der Waals surface area (Å²) in [4.78, 5) is 10.7. The Hall–Kier alpha value is -2.88. The molecule has 1 aromatic heterocycles. The zero-order valence-corrected chi connectivity index (χ0v) is 10.7. The second-order valence-corrected chi connectivity index (χ2v) is 4.30. The number of hydrogen-bond donors (Lipinski definition) is 1. The van der Waals surface area contributed by atoms with Crippen molar-refractivity contribution in [2.24, 2.45) is 0 Å². The monoisotopic (exact) mass is 263 g/mol. The van der Waals surface area contributed by atoms with Gasteiger partial charge in [0.2, 0.25) is 6.41 Å². The third-order valence-corrected chi connectivity index (χ3v) is 3.02. The zero-order valence-electron chi connectivity index (χ0n) is 10.7. The Bertz CT molecular complexity index is 705. The Morgan fingerprint density at radius 1 is 0.950 bits per heavy atom. The Morgan fingerprint density at radius 2 is 1.60 bits per heavy atom. The number of rotatable bonds is 4. The molecule has 1 amide bonds. The van der Waals surface area contributed by atoms with Crippen LogP contribution in [0.5, 0.6) is 0 Å². The number of anilines is 1. The lowest BCUT2D eigenvalue weighted by Gasteiger charge is -1.99. The van der Waals surface area contributed by atoms with Crippen LogP contribution in [0.25, 0.3) is 16.8 Å². The van der Waals surface area contributed by atoms with Gasteiger partial charge < -0.3 is 5.32 Å². The summed E-state index contributed by atoms with van der Waals surface area (Å²) in [6, 6.07) is 19.6. The van der Waals surface area contributed by atoms with Gasteiger partial charge in [0, 0.05) is 11.8 Å². The molecule has 3 aromatic rings. The quantitative estimate of drug-likeness (QED) is 0.735. The summed E-state index contributed by atoms with van der Waals surface area (Å²) < 4.78 is 1.76. The summed E-state index contributed by atoms with van der Waals surface area (Å²) in [5.41, 5.74) is 2.85. The summed E-state index contributed by atoms with van der Waals surface area (Å²) in [7, 11) is 0. The Morgan fingerprint density at radius 3 is 2.25 bits per heavy atom. The van der Waals surface area contributed by atoms with Crippen molar-refractivity contribution in [1.29, 1.82) is 0 Å². The fourth-order valence-electron chi connectivity index (χ4n) is 2.08. The molecule has 1 heterocycles. The Balaban J connectivity index is 2.10. The molecule has 0 radical (unpaired) electrons. The first-order valence-electron chi connectivity index (χ1n) is 6.29. The number of benzene rings is 2. The maximum Gasteiger partial charge on any atom is 0.212 e. The van der Waals surface area contributed by atoms with Gasteiger partial charge in [-0.3, -0.25) is 4.79 Å². The van der Waals surface area contributed by atoms with Crippen LogP contribution in [0.15, 0.2) is 66.9 Å². The van der Waals surface area contributed by atoms with Gasteiger partial charge in [-0.15, -0.1) is 5.10 Å². The smallest absolute Gasteiger partial charge is 0.212 e. The minimum absolute atomic E-state index is 0.551. The van der Waals surface area contributed by atoms with Crippen LogP contribution in [0.3, 0.4) is 0 Å². The zero-order chi connectivity index (χ0) is 13.8. The molecule has 98 valence electrons. The summed E-state index contributed by atoms with van der Waals surface area (Å²) in [6.07, 6.45) is 2.56. The average molecular weight is 263 g/mol. The van der Waals surface area contributed by atoms with Crippen LogP contribution in [-0.4, -0.2) is 16.2 Å². The molecule has 20 heavy (non-hydrogen) atoms. The minimum atomic E-state index is 0.551. The number of carbonyl (C=O) groups is 1. The van der Waals surface area contributed by atoms with Crippen LogP contribution in [0.1, 0.15) is 0 Å². The summed E-state index contributed by atoms with van der Waals surface area (Å²) >= 11 is 0. The lowest BCUT2D eigenvalue weighted by atomic mass is 10.1. The van der Waals surface area contributed by atoms with Gasteiger partial charge in [0.15, 0.2) is 5.82 Å². The first-order chi connectivity index (χ1) is 9.88. The van der Waals surface area contributed by atoms with E-state index in [-0.39, 0.29) is 0 Å². The molecule has 0 atom stereocenters. The summed E-state index contributed by atoms with van der Waals surface area (Å²) in [5, 5.41) is 7.07.